The number of nitrogens with zero attached hydrogens (tertiary/aromatic N) is 3. The van der Waals surface area contributed by atoms with Gasteiger partial charge in [0.15, 0.2) is 0 Å². The summed E-state index contributed by atoms with van der Waals surface area (Å²) in [7, 11) is 5.93. The van der Waals surface area contributed by atoms with Crippen molar-refractivity contribution in [1.82, 2.24) is 0 Å². The average molecular weight is 330 g/mol. The van der Waals surface area contributed by atoms with Crippen LogP contribution in [0.15, 0.2) is 36.4 Å². The fraction of sp³-hybridized carbons (Fsp3) is 0.278. The van der Waals surface area contributed by atoms with Crippen molar-refractivity contribution in [2.24, 2.45) is 0 Å². The van der Waals surface area contributed by atoms with Crippen LogP contribution >= 0.6 is 11.6 Å². The lowest BCUT2D eigenvalue weighted by atomic mass is 10.0. The summed E-state index contributed by atoms with van der Waals surface area (Å²) in [6.07, 6.45) is 0.829. The summed E-state index contributed by atoms with van der Waals surface area (Å²) in [5.74, 6) is 0. The summed E-state index contributed by atoms with van der Waals surface area (Å²) >= 11 is 6.16. The number of carbonyl (C=O) groups excluding carboxylic acids is 1. The van der Waals surface area contributed by atoms with Gasteiger partial charge in [-0.2, -0.15) is 0 Å². The van der Waals surface area contributed by atoms with Gasteiger partial charge in [-0.1, -0.05) is 11.6 Å². The largest absolute Gasteiger partial charge is 0.370 e. The third-order valence-corrected chi connectivity index (χ3v) is 4.54. The molecule has 2 aromatic rings. The molecule has 1 amide bonds. The van der Waals surface area contributed by atoms with E-state index in [0.29, 0.717) is 0 Å². The highest BCUT2D eigenvalue weighted by atomic mass is 35.5. The maximum atomic E-state index is 11.0. The van der Waals surface area contributed by atoms with Crippen molar-refractivity contribution in [2.75, 3.05) is 35.8 Å². The lowest BCUT2D eigenvalue weighted by Crippen LogP contribution is -2.27. The SMILES string of the molecule is CN(C=O)c1ccc2c(c1)CN(C)c1ccc(Cl)cc1CN2C. The second-order valence-corrected chi connectivity index (χ2v) is 6.45. The molecule has 4 nitrogen and oxygen atoms in total. The van der Waals surface area contributed by atoms with Gasteiger partial charge in [0, 0.05) is 56.3 Å². The van der Waals surface area contributed by atoms with Crippen molar-refractivity contribution in [1.29, 1.82) is 0 Å². The number of anilines is 3. The highest BCUT2D eigenvalue weighted by Gasteiger charge is 2.19. The third-order valence-electron chi connectivity index (χ3n) is 4.31. The molecule has 0 fully saturated rings. The fourth-order valence-electron chi connectivity index (χ4n) is 3.09. The topological polar surface area (TPSA) is 26.8 Å². The van der Waals surface area contributed by atoms with Crippen molar-refractivity contribution in [3.63, 3.8) is 0 Å². The third kappa shape index (κ3) is 2.99. The summed E-state index contributed by atoms with van der Waals surface area (Å²) in [6.45, 7) is 1.56. The van der Waals surface area contributed by atoms with Gasteiger partial charge in [-0.25, -0.2) is 0 Å². The van der Waals surface area contributed by atoms with Crippen LogP contribution in [-0.2, 0) is 17.9 Å². The Morgan fingerprint density at radius 3 is 2.17 bits per heavy atom. The van der Waals surface area contributed by atoms with Crippen LogP contribution in [0.4, 0.5) is 17.1 Å². The number of carbonyl (C=O) groups is 1. The van der Waals surface area contributed by atoms with Crippen LogP contribution < -0.4 is 14.7 Å². The minimum atomic E-state index is 0.759. The number of rotatable bonds is 2. The minimum Gasteiger partial charge on any atom is -0.370 e. The van der Waals surface area contributed by atoms with Gasteiger partial charge in [0.05, 0.1) is 0 Å². The zero-order chi connectivity index (χ0) is 16.6. The molecule has 5 heteroatoms. The lowest BCUT2D eigenvalue weighted by molar-refractivity contribution is -0.107. The predicted molar refractivity (Wildman–Crippen MR) is 96.6 cm³/mol. The van der Waals surface area contributed by atoms with Crippen LogP contribution in [0.2, 0.25) is 5.02 Å². The first-order valence-electron chi connectivity index (χ1n) is 7.51. The first-order valence-corrected chi connectivity index (χ1v) is 7.89. The van der Waals surface area contributed by atoms with Gasteiger partial charge < -0.3 is 14.7 Å². The summed E-state index contributed by atoms with van der Waals surface area (Å²) in [5.41, 5.74) is 5.66. The van der Waals surface area contributed by atoms with E-state index in [1.807, 2.05) is 18.2 Å². The highest BCUT2D eigenvalue weighted by Crippen LogP contribution is 2.34. The molecule has 1 aliphatic heterocycles. The van der Waals surface area contributed by atoms with Crippen LogP contribution in [0.1, 0.15) is 11.1 Å². The molecule has 23 heavy (non-hydrogen) atoms. The van der Waals surface area contributed by atoms with Crippen molar-refractivity contribution in [3.05, 3.63) is 52.5 Å². The molecule has 0 aliphatic carbocycles. The second kappa shape index (κ2) is 6.13. The maximum Gasteiger partial charge on any atom is 0.213 e. The number of hydrogen-bond donors (Lipinski definition) is 0. The molecule has 2 aromatic carbocycles. The van der Waals surface area contributed by atoms with Gasteiger partial charge in [0.2, 0.25) is 6.41 Å². The molecule has 1 heterocycles. The Morgan fingerprint density at radius 1 is 1.00 bits per heavy atom. The number of amides is 1. The van der Waals surface area contributed by atoms with E-state index in [1.165, 1.54) is 22.5 Å². The van der Waals surface area contributed by atoms with Gasteiger partial charge in [0.1, 0.15) is 0 Å². The Balaban J connectivity index is 2.05. The molecule has 0 saturated carbocycles. The molecular weight excluding hydrogens is 310 g/mol. The van der Waals surface area contributed by atoms with Gasteiger partial charge in [-0.3, -0.25) is 4.79 Å². The Labute approximate surface area is 141 Å². The van der Waals surface area contributed by atoms with Gasteiger partial charge in [0.25, 0.3) is 0 Å². The molecule has 0 atom stereocenters. The average Bonchev–Trinajstić information content (AvgIpc) is 2.52. The van der Waals surface area contributed by atoms with Gasteiger partial charge in [-0.15, -0.1) is 0 Å². The molecule has 1 aliphatic rings. The maximum absolute atomic E-state index is 11.0. The summed E-state index contributed by atoms with van der Waals surface area (Å²) < 4.78 is 0. The van der Waals surface area contributed by atoms with Crippen molar-refractivity contribution in [2.45, 2.75) is 13.1 Å². The Hall–Kier alpha value is -2.20. The molecule has 3 rings (SSSR count). The van der Waals surface area contributed by atoms with Crippen molar-refractivity contribution < 1.29 is 4.79 Å². The molecule has 0 aromatic heterocycles. The van der Waals surface area contributed by atoms with Crippen LogP contribution in [0.25, 0.3) is 0 Å². The van der Waals surface area contributed by atoms with E-state index < -0.39 is 0 Å². The van der Waals surface area contributed by atoms with Crippen LogP contribution in [0.5, 0.6) is 0 Å². The number of hydrogen-bond acceptors (Lipinski definition) is 3. The monoisotopic (exact) mass is 329 g/mol. The van der Waals surface area contributed by atoms with Crippen molar-refractivity contribution >= 4 is 35.1 Å². The molecule has 0 bridgehead atoms. The fourth-order valence-corrected chi connectivity index (χ4v) is 3.28. The number of fused-ring (bicyclic) bond motifs is 2. The highest BCUT2D eigenvalue weighted by molar-refractivity contribution is 6.30. The van der Waals surface area contributed by atoms with E-state index in [2.05, 4.69) is 42.1 Å². The van der Waals surface area contributed by atoms with E-state index in [9.17, 15) is 4.79 Å². The summed E-state index contributed by atoms with van der Waals surface area (Å²) in [4.78, 5) is 17.1. The molecule has 120 valence electrons. The summed E-state index contributed by atoms with van der Waals surface area (Å²) in [6, 6.07) is 12.2. The lowest BCUT2D eigenvalue weighted by Gasteiger charge is -2.32. The zero-order valence-corrected chi connectivity index (χ0v) is 14.3. The second-order valence-electron chi connectivity index (χ2n) is 6.01. The smallest absolute Gasteiger partial charge is 0.213 e. The van der Waals surface area contributed by atoms with Gasteiger partial charge >= 0.3 is 0 Å². The summed E-state index contributed by atoms with van der Waals surface area (Å²) in [5, 5.41) is 0.759. The van der Waals surface area contributed by atoms with E-state index in [4.69, 9.17) is 11.6 Å². The van der Waals surface area contributed by atoms with Gasteiger partial charge in [-0.05, 0) is 47.5 Å². The van der Waals surface area contributed by atoms with E-state index >= 15 is 0 Å². The molecule has 0 N–H and O–H groups in total. The molecule has 0 saturated heterocycles. The van der Waals surface area contributed by atoms with E-state index in [0.717, 1.165) is 30.2 Å². The normalized spacial score (nSPS) is 13.7. The van der Waals surface area contributed by atoms with E-state index in [-0.39, 0.29) is 0 Å². The molecule has 0 radical (unpaired) electrons. The quantitative estimate of drug-likeness (QED) is 0.789. The predicted octanol–water partition coefficient (Wildman–Crippen LogP) is 3.52. The van der Waals surface area contributed by atoms with E-state index in [1.54, 1.807) is 11.9 Å². The minimum absolute atomic E-state index is 0.759. The van der Waals surface area contributed by atoms with Crippen LogP contribution in [0, 0.1) is 0 Å². The first kappa shape index (κ1) is 15.7. The first-order chi connectivity index (χ1) is 11.0. The molecular formula is C18H20ClN3O. The Kier molecular flexibility index (Phi) is 4.18. The Bertz CT molecular complexity index is 747. The molecule has 0 unspecified atom stereocenters. The van der Waals surface area contributed by atoms with Crippen LogP contribution in [-0.4, -0.2) is 27.6 Å². The standard InChI is InChI=1S/C18H20ClN3O/c1-20-10-13-8-15(19)4-6-17(13)21(2)11-14-9-16(22(3)12-23)5-7-18(14)20/h4-9,12H,10-11H2,1-3H3. The van der Waals surface area contributed by atoms with Crippen LogP contribution in [0.3, 0.4) is 0 Å². The number of benzene rings is 2. The Morgan fingerprint density at radius 2 is 1.57 bits per heavy atom. The molecule has 0 spiro atoms. The zero-order valence-electron chi connectivity index (χ0n) is 13.6. The van der Waals surface area contributed by atoms with Crippen molar-refractivity contribution in [3.8, 4) is 0 Å². The number of halogens is 1.